The van der Waals surface area contributed by atoms with E-state index >= 15 is 0 Å². The summed E-state index contributed by atoms with van der Waals surface area (Å²) in [5, 5.41) is 0.698. The second-order valence-electron chi connectivity index (χ2n) is 8.09. The predicted molar refractivity (Wildman–Crippen MR) is 124 cm³/mol. The minimum atomic E-state index is -0.672. The van der Waals surface area contributed by atoms with Crippen molar-refractivity contribution >= 4 is 11.6 Å². The number of nitrogens with zero attached hydrogens (tertiary/aromatic N) is 4. The molecule has 0 aliphatic carbocycles. The Morgan fingerprint density at radius 2 is 1.71 bits per heavy atom. The number of hydrogen-bond acceptors (Lipinski definition) is 3. The van der Waals surface area contributed by atoms with E-state index in [1.54, 1.807) is 0 Å². The molecule has 2 aromatic carbocycles. The number of hydrogen-bond donors (Lipinski definition) is 0. The number of rotatable bonds is 6. The molecule has 0 spiro atoms. The molecule has 1 aliphatic heterocycles. The Hall–Kier alpha value is -2.95. The molecule has 1 fully saturated rings. The number of benzene rings is 2. The molecule has 5 rings (SSSR count). The van der Waals surface area contributed by atoms with Crippen LogP contribution in [-0.4, -0.2) is 32.5 Å². The van der Waals surface area contributed by atoms with Crippen LogP contribution in [0.3, 0.4) is 0 Å². The van der Waals surface area contributed by atoms with Crippen LogP contribution in [0.25, 0.3) is 0 Å². The van der Waals surface area contributed by atoms with Crippen molar-refractivity contribution in [2.75, 3.05) is 13.1 Å². The lowest BCUT2D eigenvalue weighted by molar-refractivity contribution is 0.331. The van der Waals surface area contributed by atoms with Crippen molar-refractivity contribution in [2.24, 2.45) is 0 Å². The Bertz CT molecular complexity index is 1120. The van der Waals surface area contributed by atoms with Crippen molar-refractivity contribution in [3.63, 3.8) is 0 Å². The summed E-state index contributed by atoms with van der Waals surface area (Å²) in [6, 6.07) is 23.0. The van der Waals surface area contributed by atoms with Crippen LogP contribution in [-0.2, 0) is 12.1 Å². The van der Waals surface area contributed by atoms with Crippen molar-refractivity contribution in [3.8, 4) is 0 Å². The zero-order valence-corrected chi connectivity index (χ0v) is 18.1. The summed E-state index contributed by atoms with van der Waals surface area (Å²) in [5.41, 5.74) is 3.75. The van der Waals surface area contributed by atoms with Crippen LogP contribution in [0.5, 0.6) is 0 Å². The fraction of sp³-hybridized carbons (Fsp3) is 0.231. The Morgan fingerprint density at radius 1 is 0.871 bits per heavy atom. The molecule has 4 nitrogen and oxygen atoms in total. The largest absolute Gasteiger partial charge is 0.317 e. The van der Waals surface area contributed by atoms with Gasteiger partial charge in [0.15, 0.2) is 0 Å². The molecular weight excluding hydrogens is 404 g/mol. The van der Waals surface area contributed by atoms with Gasteiger partial charge in [-0.15, -0.1) is 0 Å². The van der Waals surface area contributed by atoms with Gasteiger partial charge < -0.3 is 4.57 Å². The van der Waals surface area contributed by atoms with Crippen molar-refractivity contribution < 1.29 is 0 Å². The highest BCUT2D eigenvalue weighted by molar-refractivity contribution is 6.30. The van der Waals surface area contributed by atoms with Crippen LogP contribution >= 0.6 is 11.6 Å². The molecule has 0 amide bonds. The maximum Gasteiger partial charge on any atom is 0.138 e. The van der Waals surface area contributed by atoms with Crippen LogP contribution in [0.2, 0.25) is 5.02 Å². The first-order valence-corrected chi connectivity index (χ1v) is 11.1. The number of aromatic nitrogens is 3. The molecule has 156 valence electrons. The minimum absolute atomic E-state index is 0.672. The zero-order valence-electron chi connectivity index (χ0n) is 17.4. The van der Waals surface area contributed by atoms with E-state index in [9.17, 15) is 0 Å². The third-order valence-electron chi connectivity index (χ3n) is 6.15. The van der Waals surface area contributed by atoms with Crippen LogP contribution < -0.4 is 0 Å². The van der Waals surface area contributed by atoms with Crippen molar-refractivity contribution in [3.05, 3.63) is 119 Å². The van der Waals surface area contributed by atoms with E-state index in [-0.39, 0.29) is 0 Å². The van der Waals surface area contributed by atoms with Gasteiger partial charge in [-0.1, -0.05) is 54.1 Å². The molecule has 1 atom stereocenters. The topological polar surface area (TPSA) is 34.0 Å². The van der Waals surface area contributed by atoms with E-state index in [2.05, 4.69) is 50.8 Å². The molecule has 1 saturated heterocycles. The van der Waals surface area contributed by atoms with Gasteiger partial charge in [0.1, 0.15) is 5.54 Å². The first-order valence-electron chi connectivity index (χ1n) is 10.7. The standard InChI is InChI=1S/C26H25ClN4/c27-24-7-5-6-23(18-24)26(31-17-14-28-20-31,25-8-1-2-13-29-25)22-11-9-21(10-12-22)19-30-15-3-4-16-30/h1-2,5-14,17-18,20H,3-4,15-16,19H2. The van der Waals surface area contributed by atoms with Crippen LogP contribution in [0, 0.1) is 0 Å². The van der Waals surface area contributed by atoms with Crippen LogP contribution in [0.1, 0.15) is 35.2 Å². The number of imidazole rings is 1. The lowest BCUT2D eigenvalue weighted by Gasteiger charge is -2.36. The summed E-state index contributed by atoms with van der Waals surface area (Å²) < 4.78 is 2.12. The van der Waals surface area contributed by atoms with E-state index in [0.29, 0.717) is 5.02 Å². The van der Waals surface area contributed by atoms with Gasteiger partial charge in [-0.25, -0.2) is 4.98 Å². The molecule has 2 aromatic heterocycles. The summed E-state index contributed by atoms with van der Waals surface area (Å²) >= 11 is 6.46. The molecule has 31 heavy (non-hydrogen) atoms. The molecule has 3 heterocycles. The van der Waals surface area contributed by atoms with Crippen molar-refractivity contribution in [1.82, 2.24) is 19.4 Å². The number of halogens is 1. The number of pyridine rings is 1. The fourth-order valence-corrected chi connectivity index (χ4v) is 4.88. The third-order valence-corrected chi connectivity index (χ3v) is 6.38. The van der Waals surface area contributed by atoms with Gasteiger partial charge >= 0.3 is 0 Å². The van der Waals surface area contributed by atoms with E-state index in [0.717, 1.165) is 23.4 Å². The highest BCUT2D eigenvalue weighted by Crippen LogP contribution is 2.40. The maximum absolute atomic E-state index is 6.46. The molecule has 1 aliphatic rings. The fourth-order valence-electron chi connectivity index (χ4n) is 4.69. The second-order valence-corrected chi connectivity index (χ2v) is 8.52. The maximum atomic E-state index is 6.46. The molecule has 0 saturated carbocycles. The van der Waals surface area contributed by atoms with E-state index < -0.39 is 5.54 Å². The Kier molecular flexibility index (Phi) is 5.58. The van der Waals surface area contributed by atoms with Gasteiger partial charge in [-0.2, -0.15) is 0 Å². The number of likely N-dealkylation sites (tertiary alicyclic amines) is 1. The summed E-state index contributed by atoms with van der Waals surface area (Å²) in [7, 11) is 0. The average Bonchev–Trinajstić information content (AvgIpc) is 3.51. The SMILES string of the molecule is Clc1cccc(C(c2ccc(CN3CCCC3)cc2)(c2ccccn2)n2ccnc2)c1. The highest BCUT2D eigenvalue weighted by atomic mass is 35.5. The van der Waals surface area contributed by atoms with Crippen molar-refractivity contribution in [2.45, 2.75) is 24.9 Å². The summed E-state index contributed by atoms with van der Waals surface area (Å²) in [6.45, 7) is 3.38. The Labute approximate surface area is 188 Å². The first-order chi connectivity index (χ1) is 15.3. The minimum Gasteiger partial charge on any atom is -0.317 e. The van der Waals surface area contributed by atoms with Gasteiger partial charge in [-0.05, 0) is 66.9 Å². The highest BCUT2D eigenvalue weighted by Gasteiger charge is 2.39. The third kappa shape index (κ3) is 3.78. The molecule has 1 unspecified atom stereocenters. The quantitative estimate of drug-likeness (QED) is 0.414. The monoisotopic (exact) mass is 428 g/mol. The Morgan fingerprint density at radius 3 is 2.39 bits per heavy atom. The first kappa shape index (κ1) is 20.0. The summed E-state index contributed by atoms with van der Waals surface area (Å²) in [5.74, 6) is 0. The second kappa shape index (κ2) is 8.66. The molecule has 5 heteroatoms. The lowest BCUT2D eigenvalue weighted by atomic mass is 9.79. The molecular formula is C26H25ClN4. The summed E-state index contributed by atoms with van der Waals surface area (Å²) in [6.07, 6.45) is 10.1. The van der Waals surface area contributed by atoms with E-state index in [1.165, 1.54) is 31.5 Å². The normalized spacial score (nSPS) is 16.3. The zero-order chi connectivity index (χ0) is 21.1. The average molecular weight is 429 g/mol. The molecule has 0 N–H and O–H groups in total. The van der Waals surface area contributed by atoms with Gasteiger partial charge in [0, 0.05) is 30.2 Å². The summed E-state index contributed by atoms with van der Waals surface area (Å²) in [4.78, 5) is 11.7. The Balaban J connectivity index is 1.68. The van der Waals surface area contributed by atoms with Gasteiger partial charge in [0.25, 0.3) is 0 Å². The van der Waals surface area contributed by atoms with Crippen molar-refractivity contribution in [1.29, 1.82) is 0 Å². The van der Waals surface area contributed by atoms with Crippen LogP contribution in [0.4, 0.5) is 0 Å². The predicted octanol–water partition coefficient (Wildman–Crippen LogP) is 5.37. The molecule has 0 bridgehead atoms. The van der Waals surface area contributed by atoms with Gasteiger partial charge in [-0.3, -0.25) is 9.88 Å². The van der Waals surface area contributed by atoms with Gasteiger partial charge in [0.05, 0.1) is 12.0 Å². The van der Waals surface area contributed by atoms with Crippen LogP contribution in [0.15, 0.2) is 91.6 Å². The van der Waals surface area contributed by atoms with E-state index in [4.69, 9.17) is 16.6 Å². The van der Waals surface area contributed by atoms with Gasteiger partial charge in [0.2, 0.25) is 0 Å². The van der Waals surface area contributed by atoms with E-state index in [1.807, 2.05) is 55.2 Å². The molecule has 0 radical (unpaired) electrons. The lowest BCUT2D eigenvalue weighted by Crippen LogP contribution is -2.37. The smallest absolute Gasteiger partial charge is 0.138 e. The molecule has 4 aromatic rings.